The van der Waals surface area contributed by atoms with E-state index in [9.17, 15) is 0 Å². The van der Waals surface area contributed by atoms with Gasteiger partial charge in [-0.1, -0.05) is 47.0 Å². The minimum absolute atomic E-state index is 0.460. The fourth-order valence-corrected chi connectivity index (χ4v) is 10.4. The highest BCUT2D eigenvalue weighted by atomic mass is 28.4. The van der Waals surface area contributed by atoms with Crippen LogP contribution in [-0.2, 0) is 8.85 Å². The Morgan fingerprint density at radius 3 is 2.19 bits per heavy atom. The second-order valence-electron chi connectivity index (χ2n) is 8.46. The van der Waals surface area contributed by atoms with Gasteiger partial charge in [0.15, 0.2) is 0 Å². The Labute approximate surface area is 133 Å². The molecule has 0 heterocycles. The second-order valence-corrected chi connectivity index (χ2v) is 12.3. The molecule has 2 aliphatic rings. The van der Waals surface area contributed by atoms with E-state index in [1.165, 1.54) is 44.9 Å². The van der Waals surface area contributed by atoms with Crippen molar-refractivity contribution in [3.05, 3.63) is 0 Å². The molecule has 124 valence electrons. The van der Waals surface area contributed by atoms with Gasteiger partial charge in [-0.3, -0.25) is 0 Å². The number of hydrogen-bond acceptors (Lipinski definition) is 2. The largest absolute Gasteiger partial charge is 0.397 e. The molecule has 0 aromatic rings. The van der Waals surface area contributed by atoms with E-state index >= 15 is 0 Å². The Morgan fingerprint density at radius 2 is 1.62 bits per heavy atom. The average molecular weight is 313 g/mol. The molecule has 0 bridgehead atoms. The Kier molecular flexibility index (Phi) is 5.59. The molecule has 21 heavy (non-hydrogen) atoms. The number of hydrogen-bond donors (Lipinski definition) is 0. The topological polar surface area (TPSA) is 18.5 Å². The first kappa shape index (κ1) is 17.5. The summed E-state index contributed by atoms with van der Waals surface area (Å²) in [5.41, 5.74) is 1.81. The van der Waals surface area contributed by atoms with E-state index in [1.54, 1.807) is 0 Å². The first-order chi connectivity index (χ1) is 9.86. The maximum absolute atomic E-state index is 6.29. The van der Waals surface area contributed by atoms with Crippen LogP contribution in [0.3, 0.4) is 0 Å². The molecule has 0 amide bonds. The van der Waals surface area contributed by atoms with Gasteiger partial charge in [0.1, 0.15) is 0 Å². The summed E-state index contributed by atoms with van der Waals surface area (Å²) in [6.45, 7) is 9.72. The lowest BCUT2D eigenvalue weighted by Gasteiger charge is -2.50. The van der Waals surface area contributed by atoms with Crippen molar-refractivity contribution in [3.63, 3.8) is 0 Å². The molecule has 2 rings (SSSR count). The highest BCUT2D eigenvalue weighted by molar-refractivity contribution is 6.70. The van der Waals surface area contributed by atoms with Crippen LogP contribution in [0.4, 0.5) is 0 Å². The first-order valence-corrected chi connectivity index (χ1v) is 10.9. The van der Waals surface area contributed by atoms with Crippen LogP contribution in [0, 0.1) is 17.3 Å². The standard InChI is InChI=1S/C18H36O2Si/c1-14-9-7-11-17(15(14)2)21(19-5,20-6)16-10-8-12-18(3,4)13-16/h14-17H,7-13H2,1-6H3. The van der Waals surface area contributed by atoms with Crippen molar-refractivity contribution < 1.29 is 8.85 Å². The third-order valence-corrected chi connectivity index (χ3v) is 11.4. The molecule has 4 unspecified atom stereocenters. The van der Waals surface area contributed by atoms with Crippen LogP contribution in [0.5, 0.6) is 0 Å². The van der Waals surface area contributed by atoms with E-state index in [0.29, 0.717) is 16.5 Å². The van der Waals surface area contributed by atoms with Gasteiger partial charge in [-0.25, -0.2) is 0 Å². The van der Waals surface area contributed by atoms with E-state index in [4.69, 9.17) is 8.85 Å². The van der Waals surface area contributed by atoms with Gasteiger partial charge < -0.3 is 8.85 Å². The van der Waals surface area contributed by atoms with Crippen molar-refractivity contribution in [2.24, 2.45) is 17.3 Å². The SMILES string of the molecule is CO[Si](OC)(C1CCCC(C)(C)C1)C1CCCC(C)C1C. The Morgan fingerprint density at radius 1 is 0.952 bits per heavy atom. The van der Waals surface area contributed by atoms with Crippen LogP contribution in [0.1, 0.15) is 72.6 Å². The second kappa shape index (κ2) is 6.72. The van der Waals surface area contributed by atoms with Gasteiger partial charge in [0, 0.05) is 25.3 Å². The smallest absolute Gasteiger partial charge is 0.344 e. The van der Waals surface area contributed by atoms with Gasteiger partial charge in [0.05, 0.1) is 0 Å². The summed E-state index contributed by atoms with van der Waals surface area (Å²) in [4.78, 5) is 0. The van der Waals surface area contributed by atoms with Crippen LogP contribution < -0.4 is 0 Å². The molecule has 2 fully saturated rings. The van der Waals surface area contributed by atoms with Gasteiger partial charge in [0.2, 0.25) is 0 Å². The number of rotatable bonds is 4. The van der Waals surface area contributed by atoms with Crippen LogP contribution in [0.25, 0.3) is 0 Å². The fourth-order valence-electron chi connectivity index (χ4n) is 5.21. The summed E-state index contributed by atoms with van der Waals surface area (Å²) in [6.07, 6.45) is 9.36. The summed E-state index contributed by atoms with van der Waals surface area (Å²) < 4.78 is 12.6. The van der Waals surface area contributed by atoms with Crippen LogP contribution in [0.15, 0.2) is 0 Å². The van der Waals surface area contributed by atoms with Crippen molar-refractivity contribution >= 4 is 8.56 Å². The summed E-state index contributed by atoms with van der Waals surface area (Å²) >= 11 is 0. The van der Waals surface area contributed by atoms with Crippen molar-refractivity contribution in [2.45, 2.75) is 83.7 Å². The molecule has 0 radical (unpaired) electrons. The van der Waals surface area contributed by atoms with Crippen LogP contribution >= 0.6 is 0 Å². The van der Waals surface area contributed by atoms with Gasteiger partial charge in [-0.05, 0) is 42.9 Å². The lowest BCUT2D eigenvalue weighted by Crippen LogP contribution is -2.54. The molecule has 2 saturated carbocycles. The van der Waals surface area contributed by atoms with Gasteiger partial charge in [-0.15, -0.1) is 0 Å². The van der Waals surface area contributed by atoms with Gasteiger partial charge in [-0.2, -0.15) is 0 Å². The Hall–Kier alpha value is 0.137. The van der Waals surface area contributed by atoms with E-state index in [2.05, 4.69) is 27.7 Å². The van der Waals surface area contributed by atoms with Gasteiger partial charge >= 0.3 is 8.56 Å². The summed E-state index contributed by atoms with van der Waals surface area (Å²) in [5.74, 6) is 1.56. The van der Waals surface area contributed by atoms with Crippen molar-refractivity contribution in [1.29, 1.82) is 0 Å². The maximum Gasteiger partial charge on any atom is 0.344 e. The normalized spacial score (nSPS) is 37.4. The highest BCUT2D eigenvalue weighted by Crippen LogP contribution is 2.54. The first-order valence-electron chi connectivity index (χ1n) is 8.96. The predicted molar refractivity (Wildman–Crippen MR) is 91.7 cm³/mol. The van der Waals surface area contributed by atoms with Crippen molar-refractivity contribution in [2.75, 3.05) is 14.2 Å². The predicted octanol–water partition coefficient (Wildman–Crippen LogP) is 5.52. The quantitative estimate of drug-likeness (QED) is 0.636. The maximum atomic E-state index is 6.29. The Bertz CT molecular complexity index is 338. The third kappa shape index (κ3) is 3.40. The van der Waals surface area contributed by atoms with Gasteiger partial charge in [0.25, 0.3) is 0 Å². The average Bonchev–Trinajstić information content (AvgIpc) is 2.44. The zero-order valence-electron chi connectivity index (χ0n) is 15.1. The minimum atomic E-state index is -2.14. The Balaban J connectivity index is 2.26. The zero-order chi connectivity index (χ0) is 15.7. The van der Waals surface area contributed by atoms with E-state index in [0.717, 1.165) is 11.8 Å². The van der Waals surface area contributed by atoms with Crippen LogP contribution in [0.2, 0.25) is 11.1 Å². The van der Waals surface area contributed by atoms with Crippen LogP contribution in [-0.4, -0.2) is 22.8 Å². The molecule has 3 heteroatoms. The molecule has 0 N–H and O–H groups in total. The summed E-state index contributed by atoms with van der Waals surface area (Å²) in [6, 6.07) is 0. The molecule has 0 spiro atoms. The molecular formula is C18H36O2Si. The molecule has 4 atom stereocenters. The zero-order valence-corrected chi connectivity index (χ0v) is 16.1. The molecule has 2 aliphatic carbocycles. The van der Waals surface area contributed by atoms with Crippen molar-refractivity contribution in [1.82, 2.24) is 0 Å². The molecular weight excluding hydrogens is 276 g/mol. The monoisotopic (exact) mass is 312 g/mol. The van der Waals surface area contributed by atoms with Crippen molar-refractivity contribution in [3.8, 4) is 0 Å². The summed E-state index contributed by atoms with van der Waals surface area (Å²) in [7, 11) is 1.73. The third-order valence-electron chi connectivity index (χ3n) is 6.64. The molecule has 0 aliphatic heterocycles. The molecule has 0 aromatic heterocycles. The lowest BCUT2D eigenvalue weighted by atomic mass is 9.77. The summed E-state index contributed by atoms with van der Waals surface area (Å²) in [5, 5.41) is 0. The van der Waals surface area contributed by atoms with E-state index in [-0.39, 0.29) is 0 Å². The molecule has 2 nitrogen and oxygen atoms in total. The minimum Gasteiger partial charge on any atom is -0.397 e. The highest BCUT2D eigenvalue weighted by Gasteiger charge is 2.55. The molecule has 0 aromatic carbocycles. The van der Waals surface area contributed by atoms with E-state index in [1.807, 2.05) is 14.2 Å². The molecule has 0 saturated heterocycles. The van der Waals surface area contributed by atoms with E-state index < -0.39 is 8.56 Å². The fraction of sp³-hybridized carbons (Fsp3) is 1.00. The lowest BCUT2D eigenvalue weighted by molar-refractivity contribution is 0.140.